The van der Waals surface area contributed by atoms with E-state index in [2.05, 4.69) is 5.32 Å². The zero-order valence-corrected chi connectivity index (χ0v) is 10.1. The van der Waals surface area contributed by atoms with Gasteiger partial charge in [0.2, 0.25) is 0 Å². The van der Waals surface area contributed by atoms with E-state index in [9.17, 15) is 9.18 Å². The summed E-state index contributed by atoms with van der Waals surface area (Å²) in [6.07, 6.45) is 0.748. The van der Waals surface area contributed by atoms with Crippen LogP contribution in [0.3, 0.4) is 0 Å². The fraction of sp³-hybridized carbons (Fsp3) is 0.417. The van der Waals surface area contributed by atoms with Crippen LogP contribution < -0.4 is 5.32 Å². The Labute approximate surface area is 100 Å². The van der Waals surface area contributed by atoms with Crippen LogP contribution in [0.15, 0.2) is 24.3 Å². The molecule has 1 aromatic rings. The topological polar surface area (TPSA) is 41.6 Å². The molecule has 0 aromatic heterocycles. The van der Waals surface area contributed by atoms with Crippen molar-refractivity contribution in [3.8, 4) is 0 Å². The molecule has 4 nitrogen and oxygen atoms in total. The van der Waals surface area contributed by atoms with Crippen molar-refractivity contribution < 1.29 is 13.9 Å². The minimum Gasteiger partial charge on any atom is -0.385 e. The first-order valence-electron chi connectivity index (χ1n) is 5.40. The summed E-state index contributed by atoms with van der Waals surface area (Å²) in [5.41, 5.74) is 0.191. The maximum Gasteiger partial charge on any atom is 0.321 e. The summed E-state index contributed by atoms with van der Waals surface area (Å²) < 4.78 is 18.2. The average Bonchev–Trinajstić information content (AvgIpc) is 2.32. The molecule has 0 bridgehead atoms. The van der Waals surface area contributed by atoms with Crippen LogP contribution in [-0.2, 0) is 4.74 Å². The maximum atomic E-state index is 13.3. The van der Waals surface area contributed by atoms with Gasteiger partial charge in [-0.3, -0.25) is 0 Å². The number of urea groups is 1. The van der Waals surface area contributed by atoms with Gasteiger partial charge in [0.25, 0.3) is 0 Å². The van der Waals surface area contributed by atoms with Crippen molar-refractivity contribution in [2.24, 2.45) is 0 Å². The number of nitrogens with one attached hydrogen (secondary N) is 1. The number of anilines is 1. The number of rotatable bonds is 5. The number of para-hydroxylation sites is 1. The summed E-state index contributed by atoms with van der Waals surface area (Å²) in [7, 11) is 3.27. The number of carbonyl (C=O) groups is 1. The molecule has 0 aliphatic carbocycles. The SMILES string of the molecule is COCCCN(C)C(=O)Nc1ccccc1F. The number of ether oxygens (including phenoxy) is 1. The highest BCUT2D eigenvalue weighted by atomic mass is 19.1. The predicted molar refractivity (Wildman–Crippen MR) is 64.5 cm³/mol. The van der Waals surface area contributed by atoms with Gasteiger partial charge in [-0.2, -0.15) is 0 Å². The molecular weight excluding hydrogens is 223 g/mol. The molecule has 0 saturated carbocycles. The van der Waals surface area contributed by atoms with E-state index in [0.29, 0.717) is 13.2 Å². The third-order valence-electron chi connectivity index (χ3n) is 2.30. The molecule has 2 amide bonds. The number of hydrogen-bond donors (Lipinski definition) is 1. The molecule has 0 heterocycles. The normalized spacial score (nSPS) is 10.1. The van der Waals surface area contributed by atoms with E-state index in [-0.39, 0.29) is 11.7 Å². The van der Waals surface area contributed by atoms with Crippen LogP contribution in [0.25, 0.3) is 0 Å². The van der Waals surface area contributed by atoms with Gasteiger partial charge >= 0.3 is 6.03 Å². The molecule has 5 heteroatoms. The Morgan fingerprint density at radius 2 is 2.18 bits per heavy atom. The van der Waals surface area contributed by atoms with Gasteiger partial charge in [0.1, 0.15) is 5.82 Å². The van der Waals surface area contributed by atoms with Gasteiger partial charge in [0, 0.05) is 27.3 Å². The number of benzene rings is 1. The number of methoxy groups -OCH3 is 1. The first kappa shape index (κ1) is 13.4. The zero-order valence-electron chi connectivity index (χ0n) is 10.1. The molecule has 0 saturated heterocycles. The number of carbonyl (C=O) groups excluding carboxylic acids is 1. The minimum absolute atomic E-state index is 0.191. The first-order chi connectivity index (χ1) is 8.15. The highest BCUT2D eigenvalue weighted by molar-refractivity contribution is 5.89. The van der Waals surface area contributed by atoms with Crippen LogP contribution in [0.1, 0.15) is 6.42 Å². The van der Waals surface area contributed by atoms with Crippen LogP contribution in [0.4, 0.5) is 14.9 Å². The molecule has 1 rings (SSSR count). The Kier molecular flexibility index (Phi) is 5.42. The van der Waals surface area contributed by atoms with Gasteiger partial charge in [-0.15, -0.1) is 0 Å². The minimum atomic E-state index is -0.439. The molecular formula is C12H17FN2O2. The largest absolute Gasteiger partial charge is 0.385 e. The first-order valence-corrected chi connectivity index (χ1v) is 5.40. The van der Waals surface area contributed by atoms with Gasteiger partial charge < -0.3 is 15.0 Å². The van der Waals surface area contributed by atoms with Crippen molar-refractivity contribution in [1.29, 1.82) is 0 Å². The molecule has 0 atom stereocenters. The average molecular weight is 240 g/mol. The van der Waals surface area contributed by atoms with E-state index >= 15 is 0 Å². The molecule has 94 valence electrons. The summed E-state index contributed by atoms with van der Waals surface area (Å²) in [5, 5.41) is 2.51. The molecule has 17 heavy (non-hydrogen) atoms. The highest BCUT2D eigenvalue weighted by Gasteiger charge is 2.10. The quantitative estimate of drug-likeness (QED) is 0.802. The van der Waals surface area contributed by atoms with Crippen molar-refractivity contribution in [3.63, 3.8) is 0 Å². The van der Waals surface area contributed by atoms with Crippen LogP contribution in [0.5, 0.6) is 0 Å². The van der Waals surface area contributed by atoms with Crippen LogP contribution in [-0.4, -0.2) is 38.2 Å². The lowest BCUT2D eigenvalue weighted by atomic mass is 10.3. The van der Waals surface area contributed by atoms with E-state index in [4.69, 9.17) is 4.74 Å². The zero-order chi connectivity index (χ0) is 12.7. The smallest absolute Gasteiger partial charge is 0.321 e. The molecule has 1 N–H and O–H groups in total. The van der Waals surface area contributed by atoms with Crippen LogP contribution in [0.2, 0.25) is 0 Å². The van der Waals surface area contributed by atoms with Gasteiger partial charge in [-0.05, 0) is 18.6 Å². The van der Waals surface area contributed by atoms with Gasteiger partial charge in [0.15, 0.2) is 0 Å². The third kappa shape index (κ3) is 4.40. The van der Waals surface area contributed by atoms with E-state index in [1.165, 1.54) is 17.0 Å². The second kappa shape index (κ2) is 6.85. The van der Waals surface area contributed by atoms with Gasteiger partial charge in [0.05, 0.1) is 5.69 Å². The van der Waals surface area contributed by atoms with Crippen molar-refractivity contribution in [2.45, 2.75) is 6.42 Å². The second-order valence-electron chi connectivity index (χ2n) is 3.68. The van der Waals surface area contributed by atoms with Crippen molar-refractivity contribution >= 4 is 11.7 Å². The van der Waals surface area contributed by atoms with E-state index < -0.39 is 5.82 Å². The fourth-order valence-electron chi connectivity index (χ4n) is 1.32. The summed E-state index contributed by atoms with van der Waals surface area (Å²) >= 11 is 0. The number of nitrogens with zero attached hydrogens (tertiary/aromatic N) is 1. The lowest BCUT2D eigenvalue weighted by Gasteiger charge is -2.17. The fourth-order valence-corrected chi connectivity index (χ4v) is 1.32. The summed E-state index contributed by atoms with van der Waals surface area (Å²) in [6, 6.07) is 5.75. The van der Waals surface area contributed by atoms with Gasteiger partial charge in [-0.25, -0.2) is 9.18 Å². The van der Waals surface area contributed by atoms with Crippen LogP contribution >= 0.6 is 0 Å². The highest BCUT2D eigenvalue weighted by Crippen LogP contribution is 2.12. The van der Waals surface area contributed by atoms with E-state index in [1.54, 1.807) is 26.3 Å². The Balaban J connectivity index is 2.46. The summed E-state index contributed by atoms with van der Waals surface area (Å²) in [6.45, 7) is 1.16. The Hall–Kier alpha value is -1.62. The molecule has 0 radical (unpaired) electrons. The molecule has 0 fully saturated rings. The lowest BCUT2D eigenvalue weighted by molar-refractivity contribution is 0.179. The Morgan fingerprint density at radius 3 is 2.82 bits per heavy atom. The van der Waals surface area contributed by atoms with Crippen molar-refractivity contribution in [3.05, 3.63) is 30.1 Å². The monoisotopic (exact) mass is 240 g/mol. The number of amides is 2. The molecule has 1 aromatic carbocycles. The summed E-state index contributed by atoms with van der Waals surface area (Å²) in [5.74, 6) is -0.439. The third-order valence-corrected chi connectivity index (χ3v) is 2.30. The van der Waals surface area contributed by atoms with Crippen LogP contribution in [0, 0.1) is 5.82 Å². The van der Waals surface area contributed by atoms with E-state index in [1.807, 2.05) is 0 Å². The molecule has 0 unspecified atom stereocenters. The molecule has 0 spiro atoms. The predicted octanol–water partition coefficient (Wildman–Crippen LogP) is 2.33. The van der Waals surface area contributed by atoms with Crippen molar-refractivity contribution in [1.82, 2.24) is 4.90 Å². The summed E-state index contributed by atoms with van der Waals surface area (Å²) in [4.78, 5) is 13.2. The lowest BCUT2D eigenvalue weighted by Crippen LogP contribution is -2.32. The molecule has 0 aliphatic rings. The number of hydrogen-bond acceptors (Lipinski definition) is 2. The van der Waals surface area contributed by atoms with Gasteiger partial charge in [-0.1, -0.05) is 12.1 Å². The van der Waals surface area contributed by atoms with E-state index in [0.717, 1.165) is 6.42 Å². The Bertz CT molecular complexity index is 371. The number of halogens is 1. The second-order valence-corrected chi connectivity index (χ2v) is 3.68. The Morgan fingerprint density at radius 1 is 1.47 bits per heavy atom. The standard InChI is InChI=1S/C12H17FN2O2/c1-15(8-5-9-17-2)12(16)14-11-7-4-3-6-10(11)13/h3-4,6-7H,5,8-9H2,1-2H3,(H,14,16). The van der Waals surface area contributed by atoms with Crippen molar-refractivity contribution in [2.75, 3.05) is 32.6 Å². The molecule has 0 aliphatic heterocycles. The maximum absolute atomic E-state index is 13.3.